The third-order valence-electron chi connectivity index (χ3n) is 13.6. The zero-order chi connectivity index (χ0) is 44.5. The van der Waals surface area contributed by atoms with Gasteiger partial charge in [-0.1, -0.05) is 127 Å². The molecular weight excluding hydrogens is 853 g/mol. The Hall–Kier alpha value is -8.91. The van der Waals surface area contributed by atoms with Crippen molar-refractivity contribution in [3.8, 4) is 51.0 Å². The highest BCUT2D eigenvalue weighted by molar-refractivity contribution is 7.25. The van der Waals surface area contributed by atoms with Crippen LogP contribution in [0.25, 0.3) is 148 Å². The van der Waals surface area contributed by atoms with Gasteiger partial charge in [0.1, 0.15) is 22.3 Å². The van der Waals surface area contributed by atoms with Crippen molar-refractivity contribution in [3.05, 3.63) is 206 Å². The van der Waals surface area contributed by atoms with E-state index in [1.165, 1.54) is 41.7 Å². The lowest BCUT2D eigenvalue weighted by Crippen LogP contribution is -2.02. The summed E-state index contributed by atoms with van der Waals surface area (Å²) in [6, 6.07) is 72.9. The van der Waals surface area contributed by atoms with E-state index in [0.29, 0.717) is 17.5 Å². The average molecular weight is 887 g/mol. The third-order valence-corrected chi connectivity index (χ3v) is 14.8. The fraction of sp³-hybridized carbons (Fsp3) is 0. The van der Waals surface area contributed by atoms with Gasteiger partial charge in [0.05, 0.1) is 22.3 Å². The summed E-state index contributed by atoms with van der Waals surface area (Å²) in [6.45, 7) is 0. The Balaban J connectivity index is 1.02. The number of rotatable bonds is 5. The maximum Gasteiger partial charge on any atom is 0.167 e. The maximum absolute atomic E-state index is 6.62. The highest BCUT2D eigenvalue weighted by Crippen LogP contribution is 2.44. The molecule has 0 N–H and O–H groups in total. The number of thiophene rings is 1. The molecule has 5 aromatic heterocycles. The van der Waals surface area contributed by atoms with Gasteiger partial charge in [0.25, 0.3) is 0 Å². The van der Waals surface area contributed by atoms with Crippen LogP contribution in [0.5, 0.6) is 0 Å². The molecule has 0 fully saturated rings. The Morgan fingerprint density at radius 1 is 0.353 bits per heavy atom. The van der Waals surface area contributed by atoms with Crippen molar-refractivity contribution in [3.63, 3.8) is 0 Å². The molecule has 68 heavy (non-hydrogen) atoms. The SMILES string of the molecule is c1ccc2cc3c(cc2c1)c1ccccc1n3-c1ccc(-c2nc(-c3cccc4c3oc3ccccc34)nc(-c3cccc4oc5ccccc5c34)n2)cc1-c1ccc2sc3ccccc3c2c1. The maximum atomic E-state index is 6.62. The van der Waals surface area contributed by atoms with Gasteiger partial charge in [-0.2, -0.15) is 0 Å². The summed E-state index contributed by atoms with van der Waals surface area (Å²) < 4.78 is 18.0. The van der Waals surface area contributed by atoms with Crippen molar-refractivity contribution in [1.82, 2.24) is 19.5 Å². The first kappa shape index (κ1) is 37.3. The second kappa shape index (κ2) is 14.3. The molecule has 0 aliphatic rings. The standard InChI is InChI=1S/C61H34N4O2S/c1-2-14-36-34-51-47(31-35(36)13-1)39-15-3-7-22-49(39)65(51)50-29-27-38(33-46(50)37-28-30-56-48(32-37)41-17-6-10-26-55(41)68-56)59-62-60(44-20-12-25-54-57(44)43-18-5-9-24-53(43)66-54)64-61(63-59)45-21-11-19-42-40-16-4-8-23-52(40)67-58(42)45/h1-34H. The highest BCUT2D eigenvalue weighted by Gasteiger charge is 2.23. The second-order valence-electron chi connectivity index (χ2n) is 17.5. The normalized spacial score (nSPS) is 12.1. The number of nitrogens with zero attached hydrogens (tertiary/aromatic N) is 4. The Kier molecular flexibility index (Phi) is 7.85. The lowest BCUT2D eigenvalue weighted by atomic mass is 9.98. The van der Waals surface area contributed by atoms with E-state index >= 15 is 0 Å². The van der Waals surface area contributed by atoms with Crippen LogP contribution in [0.1, 0.15) is 0 Å². The smallest absolute Gasteiger partial charge is 0.167 e. The van der Waals surface area contributed by atoms with Gasteiger partial charge >= 0.3 is 0 Å². The van der Waals surface area contributed by atoms with Crippen LogP contribution in [0, 0.1) is 0 Å². The third kappa shape index (κ3) is 5.54. The van der Waals surface area contributed by atoms with E-state index in [0.717, 1.165) is 88.4 Å². The molecule has 15 rings (SSSR count). The van der Waals surface area contributed by atoms with E-state index in [9.17, 15) is 0 Å². The molecule has 0 saturated heterocycles. The molecule has 0 bridgehead atoms. The van der Waals surface area contributed by atoms with Crippen LogP contribution < -0.4 is 0 Å². The molecule has 7 heteroatoms. The average Bonchev–Trinajstić information content (AvgIpc) is 4.16. The zero-order valence-electron chi connectivity index (χ0n) is 36.1. The van der Waals surface area contributed by atoms with Crippen molar-refractivity contribution in [2.75, 3.05) is 0 Å². The van der Waals surface area contributed by atoms with Gasteiger partial charge in [-0.05, 0) is 95.2 Å². The molecular formula is C61H34N4O2S. The summed E-state index contributed by atoms with van der Waals surface area (Å²) in [6.07, 6.45) is 0. The lowest BCUT2D eigenvalue weighted by Gasteiger charge is -2.17. The first-order valence-corrected chi connectivity index (χ1v) is 23.6. The Morgan fingerprint density at radius 3 is 1.87 bits per heavy atom. The van der Waals surface area contributed by atoms with E-state index in [-0.39, 0.29) is 0 Å². The molecule has 15 aromatic rings. The van der Waals surface area contributed by atoms with Gasteiger partial charge in [0.15, 0.2) is 17.5 Å². The minimum Gasteiger partial charge on any atom is -0.456 e. The van der Waals surface area contributed by atoms with Crippen LogP contribution in [0.3, 0.4) is 0 Å². The van der Waals surface area contributed by atoms with Gasteiger partial charge in [-0.15, -0.1) is 11.3 Å². The number of hydrogen-bond donors (Lipinski definition) is 0. The number of furan rings is 2. The fourth-order valence-corrected chi connectivity index (χ4v) is 11.6. The van der Waals surface area contributed by atoms with Crippen LogP contribution in [-0.4, -0.2) is 19.5 Å². The first-order valence-electron chi connectivity index (χ1n) is 22.7. The van der Waals surface area contributed by atoms with E-state index in [1.54, 1.807) is 0 Å². The molecule has 0 spiro atoms. The molecule has 6 nitrogen and oxygen atoms in total. The van der Waals surface area contributed by atoms with E-state index < -0.39 is 0 Å². The molecule has 0 atom stereocenters. The summed E-state index contributed by atoms with van der Waals surface area (Å²) >= 11 is 1.83. The Bertz CT molecular complexity index is 4590. The van der Waals surface area contributed by atoms with Crippen LogP contribution in [0.2, 0.25) is 0 Å². The molecule has 0 aliphatic heterocycles. The molecule has 0 radical (unpaired) electrons. The van der Waals surface area contributed by atoms with Gasteiger partial charge in [0.2, 0.25) is 0 Å². The molecule has 316 valence electrons. The zero-order valence-corrected chi connectivity index (χ0v) is 37.0. The lowest BCUT2D eigenvalue weighted by molar-refractivity contribution is 0.668. The number of fused-ring (bicyclic) bond motifs is 13. The fourth-order valence-electron chi connectivity index (χ4n) is 10.5. The summed E-state index contributed by atoms with van der Waals surface area (Å²) in [5.41, 5.74) is 11.1. The summed E-state index contributed by atoms with van der Waals surface area (Å²) in [4.78, 5) is 16.1. The number of para-hydroxylation sites is 4. The van der Waals surface area contributed by atoms with Crippen molar-refractivity contribution >= 4 is 108 Å². The molecule has 0 saturated carbocycles. The number of aromatic nitrogens is 4. The Labute approximate surface area is 391 Å². The molecule has 5 heterocycles. The molecule has 0 aliphatic carbocycles. The predicted molar refractivity (Wildman–Crippen MR) is 281 cm³/mol. The summed E-state index contributed by atoms with van der Waals surface area (Å²) in [5.74, 6) is 1.61. The topological polar surface area (TPSA) is 69.9 Å². The van der Waals surface area contributed by atoms with Gasteiger partial charge < -0.3 is 13.4 Å². The van der Waals surface area contributed by atoms with Crippen molar-refractivity contribution in [2.24, 2.45) is 0 Å². The van der Waals surface area contributed by atoms with Crippen molar-refractivity contribution in [1.29, 1.82) is 0 Å². The van der Waals surface area contributed by atoms with E-state index in [4.69, 9.17) is 23.8 Å². The number of benzene rings is 10. The summed E-state index contributed by atoms with van der Waals surface area (Å²) in [5, 5.41) is 11.3. The van der Waals surface area contributed by atoms with Crippen molar-refractivity contribution in [2.45, 2.75) is 0 Å². The molecule has 0 unspecified atom stereocenters. The van der Waals surface area contributed by atoms with Crippen LogP contribution >= 0.6 is 11.3 Å². The van der Waals surface area contributed by atoms with Crippen LogP contribution in [-0.2, 0) is 0 Å². The van der Waals surface area contributed by atoms with Gasteiger partial charge in [-0.3, -0.25) is 0 Å². The number of hydrogen-bond acceptors (Lipinski definition) is 6. The van der Waals surface area contributed by atoms with E-state index in [2.05, 4.69) is 156 Å². The van der Waals surface area contributed by atoms with E-state index in [1.807, 2.05) is 65.9 Å². The minimum atomic E-state index is 0.519. The first-order chi connectivity index (χ1) is 33.7. The monoisotopic (exact) mass is 886 g/mol. The van der Waals surface area contributed by atoms with Crippen LogP contribution in [0.15, 0.2) is 215 Å². The highest BCUT2D eigenvalue weighted by atomic mass is 32.1. The van der Waals surface area contributed by atoms with Gasteiger partial charge in [-0.25, -0.2) is 15.0 Å². The summed E-state index contributed by atoms with van der Waals surface area (Å²) in [7, 11) is 0. The largest absolute Gasteiger partial charge is 0.456 e. The van der Waals surface area contributed by atoms with Crippen molar-refractivity contribution < 1.29 is 8.83 Å². The van der Waals surface area contributed by atoms with Crippen LogP contribution in [0.4, 0.5) is 0 Å². The Morgan fingerprint density at radius 2 is 0.985 bits per heavy atom. The molecule has 10 aromatic carbocycles. The van der Waals surface area contributed by atoms with Gasteiger partial charge in [0, 0.05) is 69.2 Å². The minimum absolute atomic E-state index is 0.519. The predicted octanol–water partition coefficient (Wildman–Crippen LogP) is 17.0. The second-order valence-corrected chi connectivity index (χ2v) is 18.6. The molecule has 0 amide bonds. The quantitative estimate of drug-likeness (QED) is 0.172.